The van der Waals surface area contributed by atoms with Gasteiger partial charge < -0.3 is 14.2 Å². The van der Waals surface area contributed by atoms with E-state index in [2.05, 4.69) is 59.2 Å². The molecular formula is C32H42N4O3. The molecule has 0 bridgehead atoms. The Hall–Kier alpha value is -3.19. The van der Waals surface area contributed by atoms with Gasteiger partial charge in [0.2, 0.25) is 5.76 Å². The monoisotopic (exact) mass is 530 g/mol. The van der Waals surface area contributed by atoms with Gasteiger partial charge in [0.1, 0.15) is 12.4 Å². The Morgan fingerprint density at radius 3 is 2.69 bits per heavy atom. The van der Waals surface area contributed by atoms with Crippen molar-refractivity contribution in [2.24, 2.45) is 11.3 Å². The Balaban J connectivity index is 1.29. The molecule has 1 aromatic carbocycles. The number of rotatable bonds is 5. The van der Waals surface area contributed by atoms with Gasteiger partial charge in [0.15, 0.2) is 0 Å². The molecule has 3 aromatic rings. The summed E-state index contributed by atoms with van der Waals surface area (Å²) >= 11 is 0. The van der Waals surface area contributed by atoms with Gasteiger partial charge in [-0.25, -0.2) is 0 Å². The third-order valence-electron chi connectivity index (χ3n) is 8.23. The lowest BCUT2D eigenvalue weighted by Gasteiger charge is -2.45. The summed E-state index contributed by atoms with van der Waals surface area (Å²) in [6, 6.07) is 14.5. The average molecular weight is 531 g/mol. The molecule has 0 aliphatic carbocycles. The van der Waals surface area contributed by atoms with Crippen LogP contribution in [0.4, 0.5) is 0 Å². The topological polar surface area (TPSA) is 71.7 Å². The molecular weight excluding hydrogens is 488 g/mol. The molecule has 0 atom stereocenters. The van der Waals surface area contributed by atoms with Gasteiger partial charge in [0.05, 0.1) is 5.69 Å². The number of likely N-dealkylation sites (tertiary alicyclic amines) is 1. The first-order valence-electron chi connectivity index (χ1n) is 14.6. The average Bonchev–Trinajstić information content (AvgIpc) is 3.39. The molecule has 0 N–H and O–H groups in total. The maximum Gasteiger partial charge on any atom is 0.292 e. The summed E-state index contributed by atoms with van der Waals surface area (Å²) in [6.45, 7) is 9.14. The number of para-hydroxylation sites is 1. The zero-order valence-corrected chi connectivity index (χ0v) is 23.5. The fourth-order valence-electron chi connectivity index (χ4n) is 6.14. The number of aromatic nitrogens is 2. The summed E-state index contributed by atoms with van der Waals surface area (Å²) in [7, 11) is 0. The molecule has 1 amide bonds. The smallest absolute Gasteiger partial charge is 0.292 e. The highest BCUT2D eigenvalue weighted by molar-refractivity contribution is 5.91. The van der Waals surface area contributed by atoms with Gasteiger partial charge in [-0.1, -0.05) is 49.7 Å². The number of aryl methyl sites for hydroxylation is 1. The van der Waals surface area contributed by atoms with E-state index in [1.807, 2.05) is 29.4 Å². The van der Waals surface area contributed by atoms with Crippen LogP contribution in [0.1, 0.15) is 73.3 Å². The van der Waals surface area contributed by atoms with Crippen LogP contribution in [0.2, 0.25) is 0 Å². The van der Waals surface area contributed by atoms with E-state index in [9.17, 15) is 4.79 Å². The minimum atomic E-state index is -0.0299. The molecule has 208 valence electrons. The van der Waals surface area contributed by atoms with Gasteiger partial charge >= 0.3 is 0 Å². The molecule has 39 heavy (non-hydrogen) atoms. The van der Waals surface area contributed by atoms with Crippen molar-refractivity contribution in [3.8, 4) is 5.75 Å². The predicted molar refractivity (Wildman–Crippen MR) is 152 cm³/mol. The van der Waals surface area contributed by atoms with E-state index in [0.717, 1.165) is 76.3 Å². The fourth-order valence-corrected chi connectivity index (χ4v) is 6.14. The predicted octanol–water partition coefficient (Wildman–Crippen LogP) is 5.80. The Labute approximate surface area is 232 Å². The van der Waals surface area contributed by atoms with E-state index in [1.54, 1.807) is 0 Å². The van der Waals surface area contributed by atoms with Crippen molar-refractivity contribution in [1.29, 1.82) is 0 Å². The number of hydrogen-bond acceptors (Lipinski definition) is 6. The van der Waals surface area contributed by atoms with E-state index >= 15 is 0 Å². The van der Waals surface area contributed by atoms with Gasteiger partial charge in [0.25, 0.3) is 5.91 Å². The maximum atomic E-state index is 13.3. The van der Waals surface area contributed by atoms with Crippen molar-refractivity contribution in [3.63, 3.8) is 0 Å². The number of piperidine rings is 1. The SMILES string of the molecule is CC(C)Cc1cc(C(=O)N2CCC3(CCCCc4ccccc4OCCN(Cc4cccnc4)C3)CC2)on1. The number of carbonyl (C=O) groups excluding carboxylic acids is 1. The van der Waals surface area contributed by atoms with Gasteiger partial charge in [-0.15, -0.1) is 0 Å². The molecule has 7 heteroatoms. The Morgan fingerprint density at radius 1 is 1.05 bits per heavy atom. The first-order chi connectivity index (χ1) is 19.0. The van der Waals surface area contributed by atoms with E-state index in [0.29, 0.717) is 18.3 Å². The highest BCUT2D eigenvalue weighted by Crippen LogP contribution is 2.39. The highest BCUT2D eigenvalue weighted by atomic mass is 16.5. The third-order valence-corrected chi connectivity index (χ3v) is 8.23. The molecule has 1 fully saturated rings. The number of carbonyl (C=O) groups is 1. The molecule has 2 aliphatic rings. The van der Waals surface area contributed by atoms with E-state index in [1.165, 1.54) is 24.0 Å². The zero-order valence-electron chi connectivity index (χ0n) is 23.5. The molecule has 2 aliphatic heterocycles. The summed E-state index contributed by atoms with van der Waals surface area (Å²) in [5.74, 6) is 1.83. The summed E-state index contributed by atoms with van der Waals surface area (Å²) in [5.41, 5.74) is 3.54. The van der Waals surface area contributed by atoms with E-state index in [-0.39, 0.29) is 11.3 Å². The van der Waals surface area contributed by atoms with Gasteiger partial charge in [-0.3, -0.25) is 14.7 Å². The van der Waals surface area contributed by atoms with Crippen molar-refractivity contribution in [1.82, 2.24) is 19.9 Å². The van der Waals surface area contributed by atoms with Crippen LogP contribution in [0, 0.1) is 11.3 Å². The second-order valence-corrected chi connectivity index (χ2v) is 11.8. The van der Waals surface area contributed by atoms with Crippen LogP contribution < -0.4 is 4.74 Å². The van der Waals surface area contributed by atoms with Gasteiger partial charge in [-0.05, 0) is 73.1 Å². The van der Waals surface area contributed by atoms with Gasteiger partial charge in [0, 0.05) is 51.2 Å². The number of fused-ring (bicyclic) bond motifs is 1. The van der Waals surface area contributed by atoms with Crippen molar-refractivity contribution < 1.29 is 14.1 Å². The molecule has 0 radical (unpaired) electrons. The summed E-state index contributed by atoms with van der Waals surface area (Å²) < 4.78 is 11.8. The van der Waals surface area contributed by atoms with Crippen LogP contribution in [-0.4, -0.2) is 58.6 Å². The minimum absolute atomic E-state index is 0.0299. The first-order valence-corrected chi connectivity index (χ1v) is 14.6. The molecule has 0 unspecified atom stereocenters. The van der Waals surface area contributed by atoms with Crippen LogP contribution in [0.3, 0.4) is 0 Å². The largest absolute Gasteiger partial charge is 0.492 e. The molecule has 2 aromatic heterocycles. The Bertz CT molecular complexity index is 1200. The molecule has 1 spiro atoms. The number of amides is 1. The van der Waals surface area contributed by atoms with Crippen LogP contribution in [0.5, 0.6) is 5.75 Å². The lowest BCUT2D eigenvalue weighted by atomic mass is 9.73. The molecule has 1 saturated heterocycles. The zero-order chi connectivity index (χ0) is 27.1. The van der Waals surface area contributed by atoms with Crippen LogP contribution in [0.15, 0.2) is 59.4 Å². The highest BCUT2D eigenvalue weighted by Gasteiger charge is 2.38. The standard InChI is InChI=1S/C32H42N4O3/c1-25(2)20-28-21-30(39-34-28)31(37)36-16-13-32(14-17-36)12-6-5-10-27-9-3-4-11-29(27)38-19-18-35(24-32)23-26-8-7-15-33-22-26/h3-4,7-9,11,15,21-22,25H,5-6,10,12-14,16-20,23-24H2,1-2H3. The van der Waals surface area contributed by atoms with Gasteiger partial charge in [-0.2, -0.15) is 0 Å². The molecule has 4 heterocycles. The number of pyridine rings is 1. The van der Waals surface area contributed by atoms with Crippen molar-refractivity contribution in [2.75, 3.05) is 32.8 Å². The van der Waals surface area contributed by atoms with Crippen molar-refractivity contribution in [3.05, 3.63) is 77.4 Å². The van der Waals surface area contributed by atoms with E-state index < -0.39 is 0 Å². The number of nitrogens with zero attached hydrogens (tertiary/aromatic N) is 4. The fraction of sp³-hybridized carbons (Fsp3) is 0.531. The number of hydrogen-bond donors (Lipinski definition) is 0. The van der Waals surface area contributed by atoms with Crippen LogP contribution >= 0.6 is 0 Å². The summed E-state index contributed by atoms with van der Waals surface area (Å²) in [4.78, 5) is 22.1. The lowest BCUT2D eigenvalue weighted by molar-refractivity contribution is 0.0338. The van der Waals surface area contributed by atoms with Crippen LogP contribution in [0.25, 0.3) is 0 Å². The number of ether oxygens (including phenoxy) is 1. The van der Waals surface area contributed by atoms with Crippen molar-refractivity contribution in [2.45, 2.75) is 65.3 Å². The quantitative estimate of drug-likeness (QED) is 0.415. The molecule has 5 rings (SSSR count). The van der Waals surface area contributed by atoms with Crippen LogP contribution in [-0.2, 0) is 19.4 Å². The summed E-state index contributed by atoms with van der Waals surface area (Å²) in [6.07, 6.45) is 11.1. The Morgan fingerprint density at radius 2 is 1.90 bits per heavy atom. The second-order valence-electron chi connectivity index (χ2n) is 11.8. The van der Waals surface area contributed by atoms with E-state index in [4.69, 9.17) is 9.26 Å². The third kappa shape index (κ3) is 7.27. The normalized spacial score (nSPS) is 18.7. The molecule has 0 saturated carbocycles. The minimum Gasteiger partial charge on any atom is -0.492 e. The first kappa shape index (κ1) is 27.4. The Kier molecular flexibility index (Phi) is 8.97. The summed E-state index contributed by atoms with van der Waals surface area (Å²) in [5, 5.41) is 4.13. The second kappa shape index (κ2) is 12.8. The van der Waals surface area contributed by atoms with Crippen molar-refractivity contribution >= 4 is 5.91 Å². The number of benzene rings is 1. The maximum absolute atomic E-state index is 13.3. The molecule has 7 nitrogen and oxygen atoms in total. The lowest BCUT2D eigenvalue weighted by Crippen LogP contribution is -2.48.